The summed E-state index contributed by atoms with van der Waals surface area (Å²) in [6, 6.07) is 19.0. The Hall–Kier alpha value is -3.08. The lowest BCUT2D eigenvalue weighted by Crippen LogP contribution is -2.52. The molecule has 11 heteroatoms. The summed E-state index contributed by atoms with van der Waals surface area (Å²) in [6.45, 7) is 1.19. The zero-order chi connectivity index (χ0) is 29.6. The lowest BCUT2D eigenvalue weighted by atomic mass is 10.1. The van der Waals surface area contributed by atoms with E-state index in [1.54, 1.807) is 37.3 Å². The van der Waals surface area contributed by atoms with E-state index in [-0.39, 0.29) is 39.8 Å². The molecule has 3 aromatic rings. The van der Waals surface area contributed by atoms with Crippen LogP contribution >= 0.6 is 27.5 Å². The minimum Gasteiger partial charge on any atom is -0.495 e. The van der Waals surface area contributed by atoms with Gasteiger partial charge in [-0.1, -0.05) is 70.7 Å². The second-order valence-corrected chi connectivity index (χ2v) is 13.2. The average Bonchev–Trinajstić information content (AvgIpc) is 3.48. The number of rotatable bonds is 11. The van der Waals surface area contributed by atoms with Gasteiger partial charge in [-0.25, -0.2) is 8.42 Å². The average molecular weight is 663 g/mol. The lowest BCUT2D eigenvalue weighted by Gasteiger charge is -2.33. The van der Waals surface area contributed by atoms with Crippen LogP contribution in [0.3, 0.4) is 0 Å². The summed E-state index contributed by atoms with van der Waals surface area (Å²) in [4.78, 5) is 28.8. The number of nitrogens with zero attached hydrogens (tertiary/aromatic N) is 2. The molecule has 2 amide bonds. The number of benzene rings is 3. The highest BCUT2D eigenvalue weighted by Crippen LogP contribution is 2.35. The van der Waals surface area contributed by atoms with Crippen LogP contribution in [0.5, 0.6) is 5.75 Å². The van der Waals surface area contributed by atoms with Gasteiger partial charge in [0.2, 0.25) is 11.8 Å². The molecule has 0 radical (unpaired) electrons. The largest absolute Gasteiger partial charge is 0.495 e. The number of carbonyl (C=O) groups excluding carboxylic acids is 2. The van der Waals surface area contributed by atoms with Crippen LogP contribution in [0.4, 0.5) is 5.69 Å². The maximum absolute atomic E-state index is 14.1. The summed E-state index contributed by atoms with van der Waals surface area (Å²) >= 11 is 9.70. The molecule has 0 bridgehead atoms. The summed E-state index contributed by atoms with van der Waals surface area (Å²) in [7, 11) is -2.82. The van der Waals surface area contributed by atoms with E-state index in [0.29, 0.717) is 0 Å². The Morgan fingerprint density at radius 3 is 2.34 bits per heavy atom. The molecule has 0 spiro atoms. The van der Waals surface area contributed by atoms with Crippen molar-refractivity contribution in [1.82, 2.24) is 10.2 Å². The predicted molar refractivity (Wildman–Crippen MR) is 164 cm³/mol. The van der Waals surface area contributed by atoms with Crippen LogP contribution in [-0.4, -0.2) is 50.9 Å². The third kappa shape index (κ3) is 7.61. The molecular formula is C30H33BrClN3O5S. The number of halogens is 2. The van der Waals surface area contributed by atoms with Crippen LogP contribution in [0.15, 0.2) is 82.2 Å². The molecule has 1 saturated carbocycles. The maximum atomic E-state index is 14.1. The van der Waals surface area contributed by atoms with Crippen LogP contribution < -0.4 is 14.4 Å². The first-order valence-electron chi connectivity index (χ1n) is 13.4. The minimum absolute atomic E-state index is 0.00122. The quantitative estimate of drug-likeness (QED) is 0.281. The Kier molecular flexibility index (Phi) is 10.3. The Balaban J connectivity index is 1.72. The van der Waals surface area contributed by atoms with Gasteiger partial charge in [0, 0.05) is 22.1 Å². The van der Waals surface area contributed by atoms with Gasteiger partial charge in [0.25, 0.3) is 10.0 Å². The van der Waals surface area contributed by atoms with Crippen molar-refractivity contribution >= 4 is 55.1 Å². The second-order valence-electron chi connectivity index (χ2n) is 9.95. The number of hydrogen-bond acceptors (Lipinski definition) is 5. The molecule has 1 N–H and O–H groups in total. The van der Waals surface area contributed by atoms with Gasteiger partial charge in [-0.2, -0.15) is 0 Å². The molecule has 1 unspecified atom stereocenters. The van der Waals surface area contributed by atoms with Crippen molar-refractivity contribution in [1.29, 1.82) is 0 Å². The molecule has 218 valence electrons. The first-order valence-corrected chi connectivity index (χ1v) is 16.0. The molecule has 41 heavy (non-hydrogen) atoms. The molecule has 1 aliphatic carbocycles. The predicted octanol–water partition coefficient (Wildman–Crippen LogP) is 5.78. The van der Waals surface area contributed by atoms with Crippen molar-refractivity contribution in [3.8, 4) is 5.75 Å². The summed E-state index contributed by atoms with van der Waals surface area (Å²) in [6.07, 6.45) is 3.90. The van der Waals surface area contributed by atoms with Gasteiger partial charge < -0.3 is 15.0 Å². The number of anilines is 1. The molecular weight excluding hydrogens is 630 g/mol. The zero-order valence-electron chi connectivity index (χ0n) is 22.9. The van der Waals surface area contributed by atoms with Crippen LogP contribution in [-0.2, 0) is 26.2 Å². The standard InChI is InChI=1S/C30H33BrClN3O5S/c1-21(30(37)33-25-8-6-7-9-25)34(19-22-12-14-23(31)15-13-22)29(36)20-35(27-18-24(32)16-17-28(27)40-2)41(38,39)26-10-4-3-5-11-26/h3-5,10-18,21,25H,6-9,19-20H2,1-2H3,(H,33,37). The molecule has 3 aromatic carbocycles. The van der Waals surface area contributed by atoms with Gasteiger partial charge in [-0.3, -0.25) is 13.9 Å². The SMILES string of the molecule is COc1ccc(Cl)cc1N(CC(=O)N(Cc1ccc(Br)cc1)C(C)C(=O)NC1CCCC1)S(=O)(=O)c1ccccc1. The molecule has 0 aliphatic heterocycles. The third-order valence-electron chi connectivity index (χ3n) is 7.15. The number of ether oxygens (including phenoxy) is 1. The van der Waals surface area contributed by atoms with Crippen LogP contribution in [0.25, 0.3) is 0 Å². The molecule has 0 saturated heterocycles. The highest BCUT2D eigenvalue weighted by Gasteiger charge is 2.34. The molecule has 4 rings (SSSR count). The van der Waals surface area contributed by atoms with Gasteiger partial charge in [0.1, 0.15) is 18.3 Å². The van der Waals surface area contributed by atoms with E-state index in [4.69, 9.17) is 16.3 Å². The molecule has 1 fully saturated rings. The van der Waals surface area contributed by atoms with Gasteiger partial charge in [0.05, 0.1) is 17.7 Å². The molecule has 1 aliphatic rings. The molecule has 0 heterocycles. The number of carbonyl (C=O) groups is 2. The molecule has 1 atom stereocenters. The van der Waals surface area contributed by atoms with Crippen LogP contribution in [0.1, 0.15) is 38.2 Å². The fourth-order valence-corrected chi connectivity index (χ4v) is 6.72. The summed E-state index contributed by atoms with van der Waals surface area (Å²) in [5.41, 5.74) is 0.906. The van der Waals surface area contributed by atoms with E-state index >= 15 is 0 Å². The van der Waals surface area contributed by atoms with E-state index in [1.807, 2.05) is 24.3 Å². The highest BCUT2D eigenvalue weighted by molar-refractivity contribution is 9.10. The number of amides is 2. The smallest absolute Gasteiger partial charge is 0.264 e. The van der Waals surface area contributed by atoms with Crippen LogP contribution in [0.2, 0.25) is 5.02 Å². The van der Waals surface area contributed by atoms with Gasteiger partial charge in [-0.05, 0) is 67.8 Å². The summed E-state index contributed by atoms with van der Waals surface area (Å²) in [5.74, 6) is -0.600. The topological polar surface area (TPSA) is 96.0 Å². The summed E-state index contributed by atoms with van der Waals surface area (Å²) in [5, 5.41) is 3.34. The number of nitrogens with one attached hydrogen (secondary N) is 1. The fourth-order valence-electron chi connectivity index (χ4n) is 4.85. The number of sulfonamides is 1. The summed E-state index contributed by atoms with van der Waals surface area (Å²) < 4.78 is 35.3. The second kappa shape index (κ2) is 13.7. The number of hydrogen-bond donors (Lipinski definition) is 1. The molecule has 0 aromatic heterocycles. The van der Waals surface area contributed by atoms with Crippen molar-refractivity contribution in [2.24, 2.45) is 0 Å². The van der Waals surface area contributed by atoms with Gasteiger partial charge >= 0.3 is 0 Å². The zero-order valence-corrected chi connectivity index (χ0v) is 26.1. The monoisotopic (exact) mass is 661 g/mol. The fraction of sp³-hybridized carbons (Fsp3) is 0.333. The molecule has 8 nitrogen and oxygen atoms in total. The maximum Gasteiger partial charge on any atom is 0.264 e. The first-order chi connectivity index (χ1) is 19.6. The number of methoxy groups -OCH3 is 1. The van der Waals surface area contributed by atoms with Crippen LogP contribution in [0, 0.1) is 0 Å². The minimum atomic E-state index is -4.23. The normalized spacial score (nSPS) is 14.3. The first kappa shape index (κ1) is 30.9. The van der Waals surface area contributed by atoms with Crippen molar-refractivity contribution in [3.05, 3.63) is 87.9 Å². The third-order valence-corrected chi connectivity index (χ3v) is 9.69. The Morgan fingerprint density at radius 1 is 1.05 bits per heavy atom. The highest BCUT2D eigenvalue weighted by atomic mass is 79.9. The van der Waals surface area contributed by atoms with Gasteiger partial charge in [-0.15, -0.1) is 0 Å². The van der Waals surface area contributed by atoms with Crippen molar-refractivity contribution in [2.45, 2.75) is 56.1 Å². The van der Waals surface area contributed by atoms with E-state index < -0.39 is 28.5 Å². The van der Waals surface area contributed by atoms with Crippen molar-refractivity contribution in [3.63, 3.8) is 0 Å². The van der Waals surface area contributed by atoms with Gasteiger partial charge in [0.15, 0.2) is 0 Å². The van der Waals surface area contributed by atoms with E-state index in [9.17, 15) is 18.0 Å². The lowest BCUT2D eigenvalue weighted by molar-refractivity contribution is -0.139. The Morgan fingerprint density at radius 2 is 1.71 bits per heavy atom. The van der Waals surface area contributed by atoms with Crippen molar-refractivity contribution < 1.29 is 22.7 Å². The Labute approximate surface area is 254 Å². The van der Waals surface area contributed by atoms with E-state index in [0.717, 1.165) is 40.0 Å². The van der Waals surface area contributed by atoms with E-state index in [2.05, 4.69) is 21.2 Å². The Bertz CT molecular complexity index is 1470. The van der Waals surface area contributed by atoms with E-state index in [1.165, 1.54) is 30.2 Å². The van der Waals surface area contributed by atoms with Crippen molar-refractivity contribution in [2.75, 3.05) is 18.0 Å².